The number of hydrogen-bond donors (Lipinski definition) is 2. The summed E-state index contributed by atoms with van der Waals surface area (Å²) in [6.45, 7) is 6.56. The summed E-state index contributed by atoms with van der Waals surface area (Å²) in [5.41, 5.74) is 5.39. The van der Waals surface area contributed by atoms with Crippen LogP contribution in [0.3, 0.4) is 0 Å². The number of carbonyl (C=O) groups excluding carboxylic acids is 2. The first-order chi connectivity index (χ1) is 14.0. The third-order valence-corrected chi connectivity index (χ3v) is 6.44. The van der Waals surface area contributed by atoms with Crippen LogP contribution < -0.4 is 10.9 Å². The van der Waals surface area contributed by atoms with E-state index in [1.807, 2.05) is 17.5 Å². The molecule has 2 N–H and O–H groups in total. The van der Waals surface area contributed by atoms with Gasteiger partial charge in [-0.25, -0.2) is 4.98 Å². The molecule has 3 aromatic heterocycles. The lowest BCUT2D eigenvalue weighted by molar-refractivity contribution is -0.121. The number of furan rings is 1. The fourth-order valence-corrected chi connectivity index (χ4v) is 4.51. The fraction of sp³-hybridized carbons (Fsp3) is 0.316. The van der Waals surface area contributed by atoms with Crippen LogP contribution in [0.15, 0.2) is 34.1 Å². The Morgan fingerprint density at radius 3 is 2.66 bits per heavy atom. The van der Waals surface area contributed by atoms with Gasteiger partial charge in [-0.05, 0) is 37.4 Å². The summed E-state index contributed by atoms with van der Waals surface area (Å²) in [6, 6.07) is 7.07. The lowest BCUT2D eigenvalue weighted by Crippen LogP contribution is -2.42. The average Bonchev–Trinajstić information content (AvgIpc) is 3.45. The fourth-order valence-electron chi connectivity index (χ4n) is 2.58. The van der Waals surface area contributed by atoms with Crippen LogP contribution in [0.4, 0.5) is 0 Å². The molecule has 154 valence electrons. The molecule has 0 aliphatic rings. The van der Waals surface area contributed by atoms with Crippen LogP contribution in [0, 0.1) is 0 Å². The molecular weight excluding hydrogens is 432 g/mol. The Balaban J connectivity index is 1.49. The molecule has 0 saturated carbocycles. The highest BCUT2D eigenvalue weighted by Gasteiger charge is 2.15. The number of nitrogens with one attached hydrogen (secondary N) is 2. The van der Waals surface area contributed by atoms with Gasteiger partial charge in [0.2, 0.25) is 5.91 Å². The van der Waals surface area contributed by atoms with E-state index in [2.05, 4.69) is 34.6 Å². The van der Waals surface area contributed by atoms with E-state index in [0.717, 1.165) is 23.0 Å². The molecule has 29 heavy (non-hydrogen) atoms. The van der Waals surface area contributed by atoms with Gasteiger partial charge in [-0.3, -0.25) is 25.3 Å². The van der Waals surface area contributed by atoms with Crippen LogP contribution in [0.25, 0.3) is 9.88 Å². The highest BCUT2D eigenvalue weighted by atomic mass is 35.5. The predicted octanol–water partition coefficient (Wildman–Crippen LogP) is 3.96. The van der Waals surface area contributed by atoms with Crippen LogP contribution in [0.2, 0.25) is 4.34 Å². The van der Waals surface area contributed by atoms with E-state index in [4.69, 9.17) is 16.0 Å². The highest BCUT2D eigenvalue weighted by molar-refractivity contribution is 7.23. The lowest BCUT2D eigenvalue weighted by atomic mass is 10.3. The minimum Gasteiger partial charge on any atom is -0.454 e. The monoisotopic (exact) mass is 452 g/mol. The zero-order valence-corrected chi connectivity index (χ0v) is 18.4. The molecule has 0 spiro atoms. The molecule has 0 bridgehead atoms. The molecule has 0 fully saturated rings. The van der Waals surface area contributed by atoms with Crippen molar-refractivity contribution in [2.75, 3.05) is 13.1 Å². The van der Waals surface area contributed by atoms with Crippen LogP contribution >= 0.6 is 34.3 Å². The van der Waals surface area contributed by atoms with E-state index >= 15 is 0 Å². The molecule has 0 aliphatic carbocycles. The first kappa shape index (κ1) is 21.5. The maximum Gasteiger partial charge on any atom is 0.305 e. The van der Waals surface area contributed by atoms with Gasteiger partial charge in [0.1, 0.15) is 10.8 Å². The maximum atomic E-state index is 12.2. The van der Waals surface area contributed by atoms with Gasteiger partial charge < -0.3 is 4.42 Å². The highest BCUT2D eigenvalue weighted by Crippen LogP contribution is 2.32. The molecule has 0 radical (unpaired) electrons. The van der Waals surface area contributed by atoms with Gasteiger partial charge in [-0.2, -0.15) is 0 Å². The van der Waals surface area contributed by atoms with Gasteiger partial charge in [0.25, 0.3) is 0 Å². The van der Waals surface area contributed by atoms with Crippen molar-refractivity contribution >= 4 is 46.1 Å². The van der Waals surface area contributed by atoms with Crippen molar-refractivity contribution in [3.8, 4) is 9.88 Å². The van der Waals surface area contributed by atoms with Gasteiger partial charge >= 0.3 is 5.91 Å². The van der Waals surface area contributed by atoms with Crippen molar-refractivity contribution in [1.82, 2.24) is 20.7 Å². The number of carbonyl (C=O) groups is 2. The summed E-state index contributed by atoms with van der Waals surface area (Å²) >= 11 is 8.82. The zero-order chi connectivity index (χ0) is 20.8. The topological polar surface area (TPSA) is 87.5 Å². The summed E-state index contributed by atoms with van der Waals surface area (Å²) in [6.07, 6.45) is 0.0568. The molecular formula is C19H21ClN4O3S2. The zero-order valence-electron chi connectivity index (χ0n) is 16.0. The number of aromatic nitrogens is 1. The third kappa shape index (κ3) is 5.89. The molecule has 7 nitrogen and oxygen atoms in total. The van der Waals surface area contributed by atoms with Crippen LogP contribution in [-0.2, 0) is 17.8 Å². The quantitative estimate of drug-likeness (QED) is 0.505. The second-order valence-electron chi connectivity index (χ2n) is 6.15. The summed E-state index contributed by atoms with van der Waals surface area (Å²) in [4.78, 5) is 31.9. The SMILES string of the molecule is CCN(CC)Cc1ccc(C(=O)NNC(=O)Cc2csc(-c3ccc(Cl)s3)n2)o1. The Labute approximate surface area is 181 Å². The number of nitrogens with zero attached hydrogens (tertiary/aromatic N) is 2. The third-order valence-electron chi connectivity index (χ3n) is 4.15. The Hall–Kier alpha value is -2.20. The van der Waals surface area contributed by atoms with E-state index < -0.39 is 5.91 Å². The van der Waals surface area contributed by atoms with Crippen molar-refractivity contribution in [1.29, 1.82) is 0 Å². The van der Waals surface area contributed by atoms with Crippen LogP contribution in [0.1, 0.15) is 35.9 Å². The molecule has 0 unspecified atom stereocenters. The number of halogens is 1. The number of hydrazine groups is 1. The van der Waals surface area contributed by atoms with E-state index in [1.165, 1.54) is 22.7 Å². The van der Waals surface area contributed by atoms with Gasteiger partial charge in [0, 0.05) is 5.38 Å². The van der Waals surface area contributed by atoms with Crippen LogP contribution in [-0.4, -0.2) is 34.8 Å². The summed E-state index contributed by atoms with van der Waals surface area (Å²) in [7, 11) is 0. The minimum atomic E-state index is -0.503. The molecule has 0 atom stereocenters. The van der Waals surface area contributed by atoms with E-state index in [-0.39, 0.29) is 18.1 Å². The number of amides is 2. The number of hydrogen-bond acceptors (Lipinski definition) is 7. The molecule has 10 heteroatoms. The lowest BCUT2D eigenvalue weighted by Gasteiger charge is -2.15. The summed E-state index contributed by atoms with van der Waals surface area (Å²) in [5.74, 6) is -0.0162. The largest absolute Gasteiger partial charge is 0.454 e. The summed E-state index contributed by atoms with van der Waals surface area (Å²) in [5, 5.41) is 2.63. The Kier molecular flexibility index (Phi) is 7.43. The second-order valence-corrected chi connectivity index (χ2v) is 8.73. The van der Waals surface area contributed by atoms with Gasteiger partial charge in [0.05, 0.1) is 27.9 Å². The Bertz CT molecular complexity index is 978. The number of thiophene rings is 1. The number of rotatable bonds is 8. The van der Waals surface area contributed by atoms with Crippen molar-refractivity contribution in [3.05, 3.63) is 51.2 Å². The molecule has 0 aromatic carbocycles. The van der Waals surface area contributed by atoms with E-state index in [0.29, 0.717) is 22.3 Å². The van der Waals surface area contributed by atoms with E-state index in [9.17, 15) is 9.59 Å². The summed E-state index contributed by atoms with van der Waals surface area (Å²) < 4.78 is 6.25. The molecule has 3 rings (SSSR count). The Morgan fingerprint density at radius 1 is 1.17 bits per heavy atom. The molecule has 3 heterocycles. The van der Waals surface area contributed by atoms with Crippen molar-refractivity contribution in [2.24, 2.45) is 0 Å². The van der Waals surface area contributed by atoms with Gasteiger partial charge in [-0.15, -0.1) is 22.7 Å². The first-order valence-corrected chi connectivity index (χ1v) is 11.2. The molecule has 0 aliphatic heterocycles. The van der Waals surface area contributed by atoms with Crippen LogP contribution in [0.5, 0.6) is 0 Å². The predicted molar refractivity (Wildman–Crippen MR) is 115 cm³/mol. The van der Waals surface area contributed by atoms with Gasteiger partial charge in [-0.1, -0.05) is 25.4 Å². The van der Waals surface area contributed by atoms with Crippen molar-refractivity contribution < 1.29 is 14.0 Å². The average molecular weight is 453 g/mol. The second kappa shape index (κ2) is 10.0. The Morgan fingerprint density at radius 2 is 1.97 bits per heavy atom. The standard InChI is InChI=1S/C19H21ClN4O3S2/c1-3-24(4-2)10-13-5-6-14(27-13)18(26)23-22-17(25)9-12-11-28-19(21-12)15-7-8-16(20)29-15/h5-8,11H,3-4,9-10H2,1-2H3,(H,22,25)(H,23,26). The molecule has 0 saturated heterocycles. The van der Waals surface area contributed by atoms with Crippen molar-refractivity contribution in [2.45, 2.75) is 26.8 Å². The van der Waals surface area contributed by atoms with E-state index in [1.54, 1.807) is 12.1 Å². The first-order valence-electron chi connectivity index (χ1n) is 9.08. The smallest absolute Gasteiger partial charge is 0.305 e. The van der Waals surface area contributed by atoms with Gasteiger partial charge in [0.15, 0.2) is 5.76 Å². The molecule has 2 amide bonds. The number of thiazole rings is 1. The minimum absolute atomic E-state index is 0.0568. The maximum absolute atomic E-state index is 12.2. The van der Waals surface area contributed by atoms with Crippen molar-refractivity contribution in [3.63, 3.8) is 0 Å². The molecule has 3 aromatic rings. The normalized spacial score (nSPS) is 11.0.